The van der Waals surface area contributed by atoms with Crippen LogP contribution in [0.4, 0.5) is 0 Å². The highest BCUT2D eigenvalue weighted by atomic mass is 31.0. The average molecular weight is 331 g/mol. The van der Waals surface area contributed by atoms with Crippen LogP contribution < -0.4 is 5.73 Å². The van der Waals surface area contributed by atoms with Crippen LogP contribution >= 0.6 is 9.24 Å². The summed E-state index contributed by atoms with van der Waals surface area (Å²) in [4.78, 5) is 6.61. The summed E-state index contributed by atoms with van der Waals surface area (Å²) in [5, 5.41) is 0.840. The lowest BCUT2D eigenvalue weighted by atomic mass is 9.93. The first kappa shape index (κ1) is 19.4. The van der Waals surface area contributed by atoms with E-state index in [9.17, 15) is 0 Å². The lowest BCUT2D eigenvalue weighted by Gasteiger charge is -2.38. The van der Waals surface area contributed by atoms with Gasteiger partial charge in [-0.05, 0) is 38.1 Å². The van der Waals surface area contributed by atoms with E-state index in [0.29, 0.717) is 17.7 Å². The third-order valence-corrected chi connectivity index (χ3v) is 4.38. The zero-order chi connectivity index (χ0) is 17.9. The van der Waals surface area contributed by atoms with Gasteiger partial charge >= 0.3 is 0 Å². The van der Waals surface area contributed by atoms with Crippen LogP contribution in [0.1, 0.15) is 34.6 Å². The van der Waals surface area contributed by atoms with Crippen molar-refractivity contribution in [1.82, 2.24) is 4.90 Å². The second-order valence-corrected chi connectivity index (χ2v) is 7.22. The summed E-state index contributed by atoms with van der Waals surface area (Å²) in [7, 11) is 4.43. The summed E-state index contributed by atoms with van der Waals surface area (Å²) in [5.74, 6) is 0.480. The molecule has 3 nitrogen and oxygen atoms in total. The van der Waals surface area contributed by atoms with Gasteiger partial charge in [0, 0.05) is 36.1 Å². The van der Waals surface area contributed by atoms with Crippen LogP contribution in [0, 0.1) is 5.92 Å². The van der Waals surface area contributed by atoms with Crippen LogP contribution in [0.3, 0.4) is 0 Å². The Bertz CT molecular complexity index is 629. The molecule has 4 heteroatoms. The predicted octanol–water partition coefficient (Wildman–Crippen LogP) is 4.38. The second-order valence-electron chi connectivity index (χ2n) is 6.53. The molecular weight excluding hydrogens is 301 g/mol. The molecule has 0 aromatic heterocycles. The fraction of sp³-hybridized carbons (Fsp3) is 0.421. The maximum absolute atomic E-state index is 6.44. The first-order valence-electron chi connectivity index (χ1n) is 7.88. The number of hydrogen-bond donors (Lipinski definition) is 1. The average Bonchev–Trinajstić information content (AvgIpc) is 2.44. The molecule has 2 atom stereocenters. The van der Waals surface area contributed by atoms with Crippen LogP contribution in [-0.4, -0.2) is 23.7 Å². The predicted molar refractivity (Wildman–Crippen MR) is 106 cm³/mol. The Morgan fingerprint density at radius 3 is 2.30 bits per heavy atom. The molecule has 0 amide bonds. The summed E-state index contributed by atoms with van der Waals surface area (Å²) in [5.41, 5.74) is 11.9. The van der Waals surface area contributed by atoms with Gasteiger partial charge in [-0.1, -0.05) is 32.6 Å². The zero-order valence-electron chi connectivity index (χ0n) is 15.3. The van der Waals surface area contributed by atoms with E-state index in [1.54, 1.807) is 7.05 Å². The SMILES string of the molecule is C=C(P)C1=C(N)C(/C(C=C(C)C)=N/C)=CN(C(C)C(C)C)C1=C. The Morgan fingerprint density at radius 1 is 1.35 bits per heavy atom. The molecule has 0 fully saturated rings. The van der Waals surface area contributed by atoms with Gasteiger partial charge in [0.2, 0.25) is 0 Å². The van der Waals surface area contributed by atoms with Crippen LogP contribution in [0.15, 0.2) is 63.9 Å². The van der Waals surface area contributed by atoms with Gasteiger partial charge in [0.05, 0.1) is 11.4 Å². The van der Waals surface area contributed by atoms with E-state index >= 15 is 0 Å². The first-order valence-corrected chi connectivity index (χ1v) is 8.45. The number of rotatable bonds is 5. The minimum absolute atomic E-state index is 0.301. The topological polar surface area (TPSA) is 41.6 Å². The molecule has 0 saturated carbocycles. The van der Waals surface area contributed by atoms with E-state index in [-0.39, 0.29) is 0 Å². The third-order valence-electron chi connectivity index (χ3n) is 4.09. The third kappa shape index (κ3) is 4.23. The van der Waals surface area contributed by atoms with Gasteiger partial charge in [0.15, 0.2) is 0 Å². The fourth-order valence-corrected chi connectivity index (χ4v) is 2.81. The zero-order valence-corrected chi connectivity index (χ0v) is 16.4. The molecular formula is C19H30N3P. The Morgan fingerprint density at radius 2 is 1.91 bits per heavy atom. The molecule has 23 heavy (non-hydrogen) atoms. The maximum Gasteiger partial charge on any atom is 0.0678 e. The molecule has 2 unspecified atom stereocenters. The standard InChI is InChI=1S/C19H30N3P/c1-11(2)9-17(21-8)16-10-22(13(5)12(3)4)14(6)18(15(7)23)19(16)20/h9-10,12-13H,6-7,20,23H2,1-5,8H3/b21-17+. The monoisotopic (exact) mass is 331 g/mol. The largest absolute Gasteiger partial charge is 0.398 e. The summed E-state index contributed by atoms with van der Waals surface area (Å²) in [6.45, 7) is 19.0. The lowest BCUT2D eigenvalue weighted by Crippen LogP contribution is -2.36. The van der Waals surface area contributed by atoms with Crippen LogP contribution in [0.2, 0.25) is 0 Å². The summed E-state index contributed by atoms with van der Waals surface area (Å²) >= 11 is 0. The van der Waals surface area contributed by atoms with Crippen molar-refractivity contribution in [2.75, 3.05) is 7.05 Å². The van der Waals surface area contributed by atoms with E-state index in [1.807, 2.05) is 6.08 Å². The van der Waals surface area contributed by atoms with Crippen molar-refractivity contribution in [1.29, 1.82) is 0 Å². The van der Waals surface area contributed by atoms with Crippen molar-refractivity contribution in [3.8, 4) is 0 Å². The summed E-state index contributed by atoms with van der Waals surface area (Å²) in [6, 6.07) is 0.301. The Kier molecular flexibility index (Phi) is 6.58. The Balaban J connectivity index is 3.56. The summed E-state index contributed by atoms with van der Waals surface area (Å²) < 4.78 is 0. The second kappa shape index (κ2) is 7.79. The maximum atomic E-state index is 6.44. The molecule has 0 aliphatic carbocycles. The van der Waals surface area contributed by atoms with E-state index in [4.69, 9.17) is 5.73 Å². The molecule has 0 radical (unpaired) electrons. The first-order chi connectivity index (χ1) is 10.6. The number of hydrogen-bond acceptors (Lipinski definition) is 3. The van der Waals surface area contributed by atoms with Gasteiger partial charge in [-0.25, -0.2) is 0 Å². The van der Waals surface area contributed by atoms with E-state index in [0.717, 1.165) is 27.9 Å². The van der Waals surface area contributed by atoms with Gasteiger partial charge in [-0.15, -0.1) is 9.24 Å². The highest BCUT2D eigenvalue weighted by molar-refractivity contribution is 7.23. The highest BCUT2D eigenvalue weighted by Gasteiger charge is 2.28. The van der Waals surface area contributed by atoms with E-state index in [2.05, 4.69) is 73.1 Å². The van der Waals surface area contributed by atoms with E-state index < -0.39 is 0 Å². The van der Waals surface area contributed by atoms with Crippen molar-refractivity contribution < 1.29 is 0 Å². The number of aliphatic imine (C=N–C) groups is 1. The number of nitrogens with two attached hydrogens (primary N) is 1. The van der Waals surface area contributed by atoms with Crippen molar-refractivity contribution in [3.05, 3.63) is 58.9 Å². The van der Waals surface area contributed by atoms with Crippen LogP contribution in [-0.2, 0) is 0 Å². The minimum Gasteiger partial charge on any atom is -0.398 e. The van der Waals surface area contributed by atoms with Gasteiger partial charge in [0.1, 0.15) is 0 Å². The quantitative estimate of drug-likeness (QED) is 0.600. The summed E-state index contributed by atoms with van der Waals surface area (Å²) in [6.07, 6.45) is 4.12. The molecule has 1 rings (SSSR count). The van der Waals surface area contributed by atoms with E-state index in [1.165, 1.54) is 5.57 Å². The lowest BCUT2D eigenvalue weighted by molar-refractivity contribution is 0.289. The van der Waals surface area contributed by atoms with Crippen LogP contribution in [0.5, 0.6) is 0 Å². The van der Waals surface area contributed by atoms with Gasteiger partial charge in [-0.2, -0.15) is 0 Å². The molecule has 0 aromatic rings. The Labute approximate surface area is 143 Å². The normalized spacial score (nSPS) is 17.4. The van der Waals surface area contributed by atoms with Crippen molar-refractivity contribution in [3.63, 3.8) is 0 Å². The van der Waals surface area contributed by atoms with Crippen molar-refractivity contribution in [2.24, 2.45) is 16.6 Å². The molecule has 1 aliphatic heterocycles. The van der Waals surface area contributed by atoms with Crippen molar-refractivity contribution in [2.45, 2.75) is 40.7 Å². The molecule has 0 saturated heterocycles. The highest BCUT2D eigenvalue weighted by Crippen LogP contribution is 2.36. The van der Waals surface area contributed by atoms with Crippen LogP contribution in [0.25, 0.3) is 0 Å². The molecule has 0 bridgehead atoms. The molecule has 0 aromatic carbocycles. The fourth-order valence-electron chi connectivity index (χ4n) is 2.49. The van der Waals surface area contributed by atoms with Crippen molar-refractivity contribution >= 4 is 15.0 Å². The Hall–Kier alpha value is -1.60. The molecule has 0 spiro atoms. The van der Waals surface area contributed by atoms with Gasteiger partial charge in [0.25, 0.3) is 0 Å². The molecule has 1 heterocycles. The van der Waals surface area contributed by atoms with Gasteiger partial charge in [-0.3, -0.25) is 4.99 Å². The minimum atomic E-state index is 0.301. The number of allylic oxidation sites excluding steroid dienone is 4. The molecule has 126 valence electrons. The molecule has 2 N–H and O–H groups in total. The smallest absolute Gasteiger partial charge is 0.0678 e. The van der Waals surface area contributed by atoms with Gasteiger partial charge < -0.3 is 10.6 Å². The number of nitrogens with zero attached hydrogens (tertiary/aromatic N) is 2. The molecule has 1 aliphatic rings.